The van der Waals surface area contributed by atoms with Gasteiger partial charge in [-0.3, -0.25) is 14.5 Å². The topological polar surface area (TPSA) is 78.7 Å². The highest BCUT2D eigenvalue weighted by molar-refractivity contribution is 6.02. The van der Waals surface area contributed by atoms with Crippen molar-refractivity contribution in [2.75, 3.05) is 19.6 Å². The van der Waals surface area contributed by atoms with Crippen LogP contribution in [0.5, 0.6) is 0 Å². The monoisotopic (exact) mass is 554 g/mol. The number of rotatable bonds is 7. The van der Waals surface area contributed by atoms with Crippen LogP contribution < -0.4 is 0 Å². The van der Waals surface area contributed by atoms with Gasteiger partial charge in [0.05, 0.1) is 11.0 Å². The Morgan fingerprint density at radius 3 is 2.20 bits per heavy atom. The molecule has 3 aliphatic heterocycles. The molecule has 2 aromatic carbocycles. The Balaban J connectivity index is 1.06. The number of likely N-dealkylation sites (tertiary alicyclic amines) is 1. The zero-order valence-electron chi connectivity index (χ0n) is 24.2. The number of aliphatic carboxylic acids is 1. The zero-order valence-corrected chi connectivity index (χ0v) is 24.2. The summed E-state index contributed by atoms with van der Waals surface area (Å²) in [6.45, 7) is 4.52. The standard InChI is InChI=1S/C34H42N4O3/c1-24-35-29-10-5-6-11-30(29)38(24)28-22-26-12-13-27(23-28)37(26)21-18-33(25-8-3-2-4-9-25)16-19-36(20-17-33)31(39)34(32(40)41)14-7-15-34/h2-6,8-11,26-28H,7,12-23H2,1H3,(H,40,41)/t26-,27+,28?. The number of piperidine rings is 2. The molecule has 1 unspecified atom stereocenters. The summed E-state index contributed by atoms with van der Waals surface area (Å²) in [7, 11) is 0. The van der Waals surface area contributed by atoms with Crippen molar-refractivity contribution in [2.45, 2.75) is 94.7 Å². The average Bonchev–Trinajstić information content (AvgIpc) is 3.42. The first-order chi connectivity index (χ1) is 19.9. The fourth-order valence-corrected chi connectivity index (χ4v) is 8.76. The molecule has 7 rings (SSSR count). The van der Waals surface area contributed by atoms with Crippen molar-refractivity contribution in [3.05, 3.63) is 66.0 Å². The van der Waals surface area contributed by atoms with E-state index in [9.17, 15) is 14.7 Å². The lowest BCUT2D eigenvalue weighted by Crippen LogP contribution is -2.56. The molecule has 3 atom stereocenters. The van der Waals surface area contributed by atoms with Crippen LogP contribution in [0, 0.1) is 12.3 Å². The number of benzene rings is 2. The van der Waals surface area contributed by atoms with Crippen molar-refractivity contribution in [3.63, 3.8) is 0 Å². The summed E-state index contributed by atoms with van der Waals surface area (Å²) in [6.07, 6.45) is 9.54. The average molecular weight is 555 g/mol. The first-order valence-corrected chi connectivity index (χ1v) is 15.7. The summed E-state index contributed by atoms with van der Waals surface area (Å²) >= 11 is 0. The Kier molecular flexibility index (Phi) is 6.68. The highest BCUT2D eigenvalue weighted by Crippen LogP contribution is 2.47. The Labute approximate surface area is 242 Å². The number of amides is 1. The van der Waals surface area contributed by atoms with Crippen LogP contribution >= 0.6 is 0 Å². The van der Waals surface area contributed by atoms with E-state index in [2.05, 4.69) is 71.0 Å². The Bertz CT molecular complexity index is 1420. The maximum absolute atomic E-state index is 13.4. The van der Waals surface area contributed by atoms with Gasteiger partial charge in [0, 0.05) is 31.2 Å². The number of carbonyl (C=O) groups is 2. The van der Waals surface area contributed by atoms with Crippen molar-refractivity contribution in [1.82, 2.24) is 19.4 Å². The van der Waals surface area contributed by atoms with Gasteiger partial charge in [-0.1, -0.05) is 48.9 Å². The summed E-state index contributed by atoms with van der Waals surface area (Å²) in [5, 5.41) is 9.84. The number of nitrogens with zero attached hydrogens (tertiary/aromatic N) is 4. The number of para-hydroxylation sites is 2. The Morgan fingerprint density at radius 1 is 0.902 bits per heavy atom. The molecule has 0 spiro atoms. The first kappa shape index (κ1) is 26.7. The minimum absolute atomic E-state index is 0.0153. The number of hydrogen-bond acceptors (Lipinski definition) is 4. The SMILES string of the molecule is Cc1nc2ccccc2n1C1C[C@H]2CC[C@@H](C1)N2CCC1(c2ccccc2)CCN(C(=O)C2(C(=O)O)CCC2)CC1. The van der Waals surface area contributed by atoms with E-state index in [1.54, 1.807) is 0 Å². The van der Waals surface area contributed by atoms with Crippen molar-refractivity contribution >= 4 is 22.9 Å². The first-order valence-electron chi connectivity index (χ1n) is 15.7. The maximum atomic E-state index is 13.4. The van der Waals surface area contributed by atoms with E-state index in [-0.39, 0.29) is 11.3 Å². The summed E-state index contributed by atoms with van der Waals surface area (Å²) in [6, 6.07) is 21.1. The van der Waals surface area contributed by atoms with E-state index in [4.69, 9.17) is 4.98 Å². The van der Waals surface area contributed by atoms with Crippen molar-refractivity contribution < 1.29 is 14.7 Å². The van der Waals surface area contributed by atoms with Crippen LogP contribution in [0.2, 0.25) is 0 Å². The van der Waals surface area contributed by atoms with Crippen LogP contribution in [0.1, 0.15) is 81.6 Å². The van der Waals surface area contributed by atoms with Crippen LogP contribution in [0.3, 0.4) is 0 Å². The molecule has 4 heterocycles. The lowest BCUT2D eigenvalue weighted by molar-refractivity contribution is -0.168. The predicted molar refractivity (Wildman–Crippen MR) is 159 cm³/mol. The zero-order chi connectivity index (χ0) is 28.2. The van der Waals surface area contributed by atoms with Gasteiger partial charge >= 0.3 is 5.97 Å². The minimum atomic E-state index is -1.17. The van der Waals surface area contributed by atoms with Gasteiger partial charge in [0.1, 0.15) is 11.2 Å². The van der Waals surface area contributed by atoms with Gasteiger partial charge in [0.25, 0.3) is 0 Å². The number of fused-ring (bicyclic) bond motifs is 3. The van der Waals surface area contributed by atoms with Gasteiger partial charge in [0.15, 0.2) is 0 Å². The van der Waals surface area contributed by atoms with Crippen LogP contribution in [0.25, 0.3) is 11.0 Å². The van der Waals surface area contributed by atoms with Crippen LogP contribution in [0.15, 0.2) is 54.6 Å². The van der Waals surface area contributed by atoms with Crippen LogP contribution in [-0.4, -0.2) is 68.1 Å². The number of aryl methyl sites for hydroxylation is 1. The lowest BCUT2D eigenvalue weighted by atomic mass is 9.66. The molecule has 7 nitrogen and oxygen atoms in total. The summed E-state index contributed by atoms with van der Waals surface area (Å²) in [5.41, 5.74) is 2.57. The smallest absolute Gasteiger partial charge is 0.319 e. The summed E-state index contributed by atoms with van der Waals surface area (Å²) in [5.74, 6) is 0.0340. The fraction of sp³-hybridized carbons (Fsp3) is 0.559. The van der Waals surface area contributed by atoms with Crippen molar-refractivity contribution in [1.29, 1.82) is 0 Å². The van der Waals surface area contributed by atoms with E-state index in [1.165, 1.54) is 36.8 Å². The largest absolute Gasteiger partial charge is 0.480 e. The molecule has 4 fully saturated rings. The molecule has 3 aromatic rings. The quantitative estimate of drug-likeness (QED) is 0.378. The minimum Gasteiger partial charge on any atom is -0.480 e. The molecule has 0 radical (unpaired) electrons. The highest BCUT2D eigenvalue weighted by Gasteiger charge is 2.54. The second-order valence-corrected chi connectivity index (χ2v) is 13.2. The fourth-order valence-electron chi connectivity index (χ4n) is 8.76. The van der Waals surface area contributed by atoms with E-state index >= 15 is 0 Å². The van der Waals surface area contributed by atoms with Crippen molar-refractivity contribution in [2.24, 2.45) is 5.41 Å². The van der Waals surface area contributed by atoms with Gasteiger partial charge in [-0.2, -0.15) is 0 Å². The molecule has 4 aliphatic rings. The van der Waals surface area contributed by atoms with Crippen LogP contribution in [-0.2, 0) is 15.0 Å². The molecule has 1 saturated carbocycles. The third kappa shape index (κ3) is 4.39. The number of carboxylic acids is 1. The van der Waals surface area contributed by atoms with Gasteiger partial charge in [-0.25, -0.2) is 4.98 Å². The van der Waals surface area contributed by atoms with E-state index < -0.39 is 11.4 Å². The number of imidazole rings is 1. The third-order valence-electron chi connectivity index (χ3n) is 11.3. The van der Waals surface area contributed by atoms with E-state index in [0.29, 0.717) is 44.1 Å². The third-order valence-corrected chi connectivity index (χ3v) is 11.3. The lowest BCUT2D eigenvalue weighted by Gasteiger charge is -2.47. The number of aromatic nitrogens is 2. The number of carboxylic acid groups (broad SMARTS) is 1. The highest BCUT2D eigenvalue weighted by atomic mass is 16.4. The normalized spacial score (nSPS) is 27.0. The Hall–Kier alpha value is -3.19. The van der Waals surface area contributed by atoms with Gasteiger partial charge in [-0.15, -0.1) is 0 Å². The molecule has 7 heteroatoms. The molecular weight excluding hydrogens is 512 g/mol. The van der Waals surface area contributed by atoms with Crippen molar-refractivity contribution in [3.8, 4) is 0 Å². The second-order valence-electron chi connectivity index (χ2n) is 13.2. The maximum Gasteiger partial charge on any atom is 0.319 e. The summed E-state index contributed by atoms with van der Waals surface area (Å²) in [4.78, 5) is 34.9. The van der Waals surface area contributed by atoms with Crippen LogP contribution in [0.4, 0.5) is 0 Å². The molecule has 1 amide bonds. The number of hydrogen-bond donors (Lipinski definition) is 1. The Morgan fingerprint density at radius 2 is 1.56 bits per heavy atom. The number of carbonyl (C=O) groups excluding carboxylic acids is 1. The molecule has 3 saturated heterocycles. The molecule has 41 heavy (non-hydrogen) atoms. The molecular formula is C34H42N4O3. The van der Waals surface area contributed by atoms with E-state index in [1.807, 2.05) is 4.90 Å². The van der Waals surface area contributed by atoms with Gasteiger partial charge < -0.3 is 14.6 Å². The second kappa shape index (κ2) is 10.3. The summed E-state index contributed by atoms with van der Waals surface area (Å²) < 4.78 is 2.50. The molecule has 1 aromatic heterocycles. The predicted octanol–water partition coefficient (Wildman–Crippen LogP) is 5.72. The van der Waals surface area contributed by atoms with E-state index in [0.717, 1.165) is 43.6 Å². The van der Waals surface area contributed by atoms with Gasteiger partial charge in [-0.05, 0) is 94.4 Å². The molecule has 216 valence electrons. The molecule has 1 aliphatic carbocycles. The van der Waals surface area contributed by atoms with Gasteiger partial charge in [0.2, 0.25) is 5.91 Å². The molecule has 2 bridgehead atoms. The molecule has 1 N–H and O–H groups in total.